The number of fused-ring (bicyclic) bond motifs is 1. The van der Waals surface area contributed by atoms with Crippen molar-refractivity contribution in [3.8, 4) is 0 Å². The van der Waals surface area contributed by atoms with Crippen LogP contribution in [0.5, 0.6) is 0 Å². The van der Waals surface area contributed by atoms with Gasteiger partial charge in [-0.15, -0.1) is 0 Å². The molecule has 0 aliphatic rings. The summed E-state index contributed by atoms with van der Waals surface area (Å²) in [6.07, 6.45) is 0.796. The number of para-hydroxylation sites is 2. The quantitative estimate of drug-likeness (QED) is 0.486. The first-order valence-corrected chi connectivity index (χ1v) is 8.79. The van der Waals surface area contributed by atoms with Crippen molar-refractivity contribution in [3.63, 3.8) is 0 Å². The lowest BCUT2D eigenvalue weighted by Crippen LogP contribution is -2.26. The van der Waals surface area contributed by atoms with Gasteiger partial charge in [-0.1, -0.05) is 12.1 Å². The molecule has 6 heteroatoms. The van der Waals surface area contributed by atoms with E-state index in [1.807, 2.05) is 47.7 Å². The molecule has 1 aromatic heterocycles. The fourth-order valence-electron chi connectivity index (χ4n) is 2.69. The Balaban J connectivity index is 1.58. The van der Waals surface area contributed by atoms with Gasteiger partial charge in [-0.3, -0.25) is 4.79 Å². The van der Waals surface area contributed by atoms with E-state index in [0.717, 1.165) is 29.8 Å². The van der Waals surface area contributed by atoms with Crippen LogP contribution in [0.25, 0.3) is 11.0 Å². The van der Waals surface area contributed by atoms with Crippen LogP contribution in [0, 0.1) is 16.3 Å². The van der Waals surface area contributed by atoms with Gasteiger partial charge in [0.1, 0.15) is 11.6 Å². The molecule has 0 saturated heterocycles. The van der Waals surface area contributed by atoms with Gasteiger partial charge < -0.3 is 9.88 Å². The first kappa shape index (κ1) is 16.9. The number of benzene rings is 2. The van der Waals surface area contributed by atoms with E-state index in [1.165, 1.54) is 18.2 Å². The summed E-state index contributed by atoms with van der Waals surface area (Å²) in [6.45, 7) is 3.32. The summed E-state index contributed by atoms with van der Waals surface area (Å²) < 4.78 is 15.9. The van der Waals surface area contributed by atoms with Crippen molar-refractivity contribution in [2.24, 2.45) is 0 Å². The molecule has 0 saturated carbocycles. The molecule has 2 aromatic carbocycles. The van der Waals surface area contributed by atoms with Gasteiger partial charge in [-0.2, -0.15) is 0 Å². The van der Waals surface area contributed by atoms with E-state index in [4.69, 9.17) is 0 Å². The summed E-state index contributed by atoms with van der Waals surface area (Å²) >= 11 is 1.97. The van der Waals surface area contributed by atoms with Crippen LogP contribution in [0.2, 0.25) is 0 Å². The first-order chi connectivity index (χ1) is 11.6. The Kier molecular flexibility index (Phi) is 5.13. The number of amides is 1. The zero-order chi connectivity index (χ0) is 17.1. The van der Waals surface area contributed by atoms with Gasteiger partial charge in [0.05, 0.1) is 16.6 Å². The molecule has 3 rings (SSSR count). The molecule has 0 aliphatic carbocycles. The van der Waals surface area contributed by atoms with Gasteiger partial charge in [0.2, 0.25) is 0 Å². The van der Waals surface area contributed by atoms with Crippen LogP contribution >= 0.6 is 22.6 Å². The van der Waals surface area contributed by atoms with E-state index < -0.39 is 0 Å². The number of halogens is 2. The maximum atomic E-state index is 13.1. The standard InChI is InChI=1S/C18H17FIN3O/c1-12-22-16-5-2-3-6-17(16)23(12)10-4-9-21-18(24)14-8-7-13(19)11-15(14)20/h2-3,5-8,11H,4,9-10H2,1H3,(H,21,24). The van der Waals surface area contributed by atoms with Gasteiger partial charge in [0, 0.05) is 16.7 Å². The van der Waals surface area contributed by atoms with Crippen molar-refractivity contribution >= 4 is 39.5 Å². The predicted molar refractivity (Wildman–Crippen MR) is 101 cm³/mol. The van der Waals surface area contributed by atoms with E-state index in [0.29, 0.717) is 15.7 Å². The predicted octanol–water partition coefficient (Wildman–Crippen LogP) is 3.91. The molecule has 0 radical (unpaired) electrons. The smallest absolute Gasteiger partial charge is 0.252 e. The molecule has 0 bridgehead atoms. The molecule has 1 N–H and O–H groups in total. The second-order valence-corrected chi connectivity index (χ2v) is 6.70. The number of imidazole rings is 1. The molecule has 1 heterocycles. The second kappa shape index (κ2) is 7.29. The summed E-state index contributed by atoms with van der Waals surface area (Å²) in [6, 6.07) is 12.2. The zero-order valence-electron chi connectivity index (χ0n) is 13.2. The second-order valence-electron chi connectivity index (χ2n) is 5.53. The lowest BCUT2D eigenvalue weighted by atomic mass is 10.2. The van der Waals surface area contributed by atoms with Crippen LogP contribution in [0.4, 0.5) is 4.39 Å². The maximum Gasteiger partial charge on any atom is 0.252 e. The van der Waals surface area contributed by atoms with E-state index >= 15 is 0 Å². The third-order valence-corrected chi connectivity index (χ3v) is 4.76. The summed E-state index contributed by atoms with van der Waals surface area (Å²) in [7, 11) is 0. The van der Waals surface area contributed by atoms with Crippen LogP contribution in [0.15, 0.2) is 42.5 Å². The molecule has 3 aromatic rings. The highest BCUT2D eigenvalue weighted by Gasteiger charge is 2.10. The van der Waals surface area contributed by atoms with Gasteiger partial charge in [-0.05, 0) is 66.3 Å². The van der Waals surface area contributed by atoms with Gasteiger partial charge in [0.15, 0.2) is 0 Å². The van der Waals surface area contributed by atoms with E-state index in [-0.39, 0.29) is 11.7 Å². The minimum atomic E-state index is -0.335. The summed E-state index contributed by atoms with van der Waals surface area (Å²) in [5.74, 6) is 0.459. The molecule has 0 atom stereocenters. The van der Waals surface area contributed by atoms with Gasteiger partial charge in [0.25, 0.3) is 5.91 Å². The number of nitrogens with one attached hydrogen (secondary N) is 1. The molecule has 1 amide bonds. The number of aryl methyl sites for hydroxylation is 2. The number of hydrogen-bond acceptors (Lipinski definition) is 2. The molecular weight excluding hydrogens is 420 g/mol. The topological polar surface area (TPSA) is 46.9 Å². The lowest BCUT2D eigenvalue weighted by molar-refractivity contribution is 0.0952. The first-order valence-electron chi connectivity index (χ1n) is 7.71. The third-order valence-electron chi connectivity index (χ3n) is 3.87. The fraction of sp³-hybridized carbons (Fsp3) is 0.222. The van der Waals surface area contributed by atoms with Gasteiger partial charge >= 0.3 is 0 Å². The minimum absolute atomic E-state index is 0.174. The Labute approximate surface area is 153 Å². The summed E-state index contributed by atoms with van der Waals surface area (Å²) in [5, 5.41) is 2.89. The molecule has 24 heavy (non-hydrogen) atoms. The molecule has 0 unspecified atom stereocenters. The Morgan fingerprint density at radius 3 is 2.88 bits per heavy atom. The van der Waals surface area contributed by atoms with Crippen molar-refractivity contribution in [2.45, 2.75) is 19.9 Å². The zero-order valence-corrected chi connectivity index (χ0v) is 15.4. The van der Waals surface area contributed by atoms with Crippen LogP contribution < -0.4 is 5.32 Å². The van der Waals surface area contributed by atoms with E-state index in [9.17, 15) is 9.18 Å². The number of nitrogens with zero attached hydrogens (tertiary/aromatic N) is 2. The highest BCUT2D eigenvalue weighted by molar-refractivity contribution is 14.1. The van der Waals surface area contributed by atoms with Crippen LogP contribution in [0.3, 0.4) is 0 Å². The summed E-state index contributed by atoms with van der Waals surface area (Å²) in [5.41, 5.74) is 2.59. The Morgan fingerprint density at radius 1 is 1.29 bits per heavy atom. The number of hydrogen-bond donors (Lipinski definition) is 1. The summed E-state index contributed by atoms with van der Waals surface area (Å²) in [4.78, 5) is 16.7. The number of carbonyl (C=O) groups excluding carboxylic acids is 1. The lowest BCUT2D eigenvalue weighted by Gasteiger charge is -2.09. The Bertz CT molecular complexity index is 891. The highest BCUT2D eigenvalue weighted by atomic mass is 127. The van der Waals surface area contributed by atoms with Crippen LogP contribution in [0.1, 0.15) is 22.6 Å². The van der Waals surface area contributed by atoms with Crippen molar-refractivity contribution < 1.29 is 9.18 Å². The van der Waals surface area contributed by atoms with Crippen LogP contribution in [-0.4, -0.2) is 22.0 Å². The Morgan fingerprint density at radius 2 is 2.08 bits per heavy atom. The molecule has 4 nitrogen and oxygen atoms in total. The minimum Gasteiger partial charge on any atom is -0.352 e. The highest BCUT2D eigenvalue weighted by Crippen LogP contribution is 2.16. The van der Waals surface area contributed by atoms with Crippen molar-refractivity contribution in [2.75, 3.05) is 6.54 Å². The number of carbonyl (C=O) groups is 1. The van der Waals surface area contributed by atoms with Crippen LogP contribution in [-0.2, 0) is 6.54 Å². The van der Waals surface area contributed by atoms with Crippen molar-refractivity contribution in [1.29, 1.82) is 0 Å². The van der Waals surface area contributed by atoms with Gasteiger partial charge in [-0.25, -0.2) is 9.37 Å². The molecule has 0 aliphatic heterocycles. The average Bonchev–Trinajstić information content (AvgIpc) is 2.87. The third kappa shape index (κ3) is 3.58. The fourth-order valence-corrected chi connectivity index (χ4v) is 3.41. The van der Waals surface area contributed by atoms with Crippen molar-refractivity contribution in [3.05, 3.63) is 63.2 Å². The molecular formula is C18H17FIN3O. The average molecular weight is 437 g/mol. The maximum absolute atomic E-state index is 13.1. The van der Waals surface area contributed by atoms with E-state index in [2.05, 4.69) is 20.9 Å². The molecule has 0 spiro atoms. The molecule has 0 fully saturated rings. The van der Waals surface area contributed by atoms with E-state index in [1.54, 1.807) is 0 Å². The Hall–Kier alpha value is -1.96. The SMILES string of the molecule is Cc1nc2ccccc2n1CCCNC(=O)c1ccc(F)cc1I. The molecule has 124 valence electrons. The van der Waals surface area contributed by atoms with Crippen molar-refractivity contribution in [1.82, 2.24) is 14.9 Å². The monoisotopic (exact) mass is 437 g/mol. The number of aromatic nitrogens is 2. The normalized spacial score (nSPS) is 11.0. The largest absolute Gasteiger partial charge is 0.352 e. The number of rotatable bonds is 5.